The normalized spacial score (nSPS) is 24.6. The van der Waals surface area contributed by atoms with Crippen molar-refractivity contribution >= 4 is 47.4 Å². The van der Waals surface area contributed by atoms with E-state index in [-0.39, 0.29) is 36.8 Å². The van der Waals surface area contributed by atoms with Gasteiger partial charge in [-0.15, -0.1) is 24.8 Å². The van der Waals surface area contributed by atoms with Gasteiger partial charge in [-0.2, -0.15) is 4.37 Å². The number of hydrogen-bond donors (Lipinski definition) is 1. The molecule has 2 aliphatic rings. The Hall–Kier alpha value is -0.630. The summed E-state index contributed by atoms with van der Waals surface area (Å²) in [5.74, 6) is 1.27. The van der Waals surface area contributed by atoms with Crippen LogP contribution in [0.5, 0.6) is 0 Å². The largest absolute Gasteiger partial charge is 0.343 e. The monoisotopic (exact) mass is 381 g/mol. The van der Waals surface area contributed by atoms with Crippen LogP contribution in [0.1, 0.15) is 31.5 Å². The van der Waals surface area contributed by atoms with Gasteiger partial charge in [0.25, 0.3) is 0 Å². The van der Waals surface area contributed by atoms with E-state index in [0.29, 0.717) is 5.91 Å². The molecule has 23 heavy (non-hydrogen) atoms. The summed E-state index contributed by atoms with van der Waals surface area (Å²) in [5.41, 5.74) is 6.00. The molecular formula is C14H25Cl2N5OS. The van der Waals surface area contributed by atoms with Crippen molar-refractivity contribution in [3.63, 3.8) is 0 Å². The first-order valence-corrected chi connectivity index (χ1v) is 8.50. The number of carbonyl (C=O) groups is 1. The Morgan fingerprint density at radius 1 is 1.22 bits per heavy atom. The molecular weight excluding hydrogens is 357 g/mol. The Balaban J connectivity index is 0.00000132. The molecule has 3 rings (SSSR count). The summed E-state index contributed by atoms with van der Waals surface area (Å²) in [5, 5.41) is 0.972. The van der Waals surface area contributed by atoms with Crippen LogP contribution in [0, 0.1) is 12.8 Å². The van der Waals surface area contributed by atoms with Crippen molar-refractivity contribution in [3.8, 4) is 0 Å². The quantitative estimate of drug-likeness (QED) is 0.845. The van der Waals surface area contributed by atoms with E-state index in [1.165, 1.54) is 11.5 Å². The summed E-state index contributed by atoms with van der Waals surface area (Å²) < 4.78 is 4.22. The number of nitrogens with two attached hydrogens (primary N) is 1. The topological polar surface area (TPSA) is 75.4 Å². The molecule has 0 aromatic carbocycles. The third-order valence-corrected chi connectivity index (χ3v) is 5.31. The van der Waals surface area contributed by atoms with Crippen LogP contribution >= 0.6 is 36.3 Å². The van der Waals surface area contributed by atoms with Crippen LogP contribution in [0.2, 0.25) is 0 Å². The number of anilines is 1. The number of halogens is 2. The summed E-state index contributed by atoms with van der Waals surface area (Å²) in [6, 6.07) is 0.207. The van der Waals surface area contributed by atoms with Crippen molar-refractivity contribution in [2.24, 2.45) is 11.7 Å². The summed E-state index contributed by atoms with van der Waals surface area (Å²) in [6.07, 6.45) is 4.01. The molecule has 9 heteroatoms. The van der Waals surface area contributed by atoms with Crippen LogP contribution in [0.4, 0.5) is 5.13 Å². The van der Waals surface area contributed by atoms with Crippen molar-refractivity contribution in [2.45, 2.75) is 38.6 Å². The van der Waals surface area contributed by atoms with Crippen LogP contribution in [-0.2, 0) is 4.79 Å². The molecule has 2 unspecified atom stereocenters. The van der Waals surface area contributed by atoms with Crippen molar-refractivity contribution < 1.29 is 4.79 Å². The highest BCUT2D eigenvalue weighted by Gasteiger charge is 2.31. The van der Waals surface area contributed by atoms with Gasteiger partial charge in [0.1, 0.15) is 5.82 Å². The van der Waals surface area contributed by atoms with Crippen LogP contribution in [0.25, 0.3) is 0 Å². The molecule has 0 spiro atoms. The lowest BCUT2D eigenvalue weighted by molar-refractivity contribution is -0.137. The molecule has 6 nitrogen and oxygen atoms in total. The fraction of sp³-hybridized carbons (Fsp3) is 0.786. The molecule has 2 heterocycles. The van der Waals surface area contributed by atoms with Gasteiger partial charge in [0.05, 0.1) is 0 Å². The van der Waals surface area contributed by atoms with Crippen molar-refractivity contribution in [2.75, 3.05) is 31.1 Å². The number of aromatic nitrogens is 2. The molecule has 1 amide bonds. The second kappa shape index (κ2) is 9.01. The van der Waals surface area contributed by atoms with Crippen molar-refractivity contribution in [3.05, 3.63) is 5.82 Å². The molecule has 1 saturated heterocycles. The van der Waals surface area contributed by atoms with E-state index in [0.717, 1.165) is 62.8 Å². The highest BCUT2D eigenvalue weighted by Crippen LogP contribution is 2.26. The molecule has 1 aromatic rings. The molecule has 132 valence electrons. The van der Waals surface area contributed by atoms with Gasteiger partial charge in [0, 0.05) is 49.7 Å². The van der Waals surface area contributed by atoms with Gasteiger partial charge in [0.2, 0.25) is 11.0 Å². The molecule has 1 aliphatic carbocycles. The fourth-order valence-corrected chi connectivity index (χ4v) is 3.97. The van der Waals surface area contributed by atoms with Crippen molar-refractivity contribution in [1.29, 1.82) is 0 Å². The third kappa shape index (κ3) is 4.92. The smallest absolute Gasteiger partial charge is 0.225 e. The molecule has 1 aromatic heterocycles. The highest BCUT2D eigenvalue weighted by molar-refractivity contribution is 7.09. The van der Waals surface area contributed by atoms with Gasteiger partial charge in [-0.25, -0.2) is 4.98 Å². The van der Waals surface area contributed by atoms with E-state index >= 15 is 0 Å². The maximum Gasteiger partial charge on any atom is 0.225 e. The van der Waals surface area contributed by atoms with E-state index in [9.17, 15) is 4.79 Å². The average Bonchev–Trinajstić information content (AvgIpc) is 2.93. The first kappa shape index (κ1) is 20.4. The second-order valence-electron chi connectivity index (χ2n) is 6.06. The first-order valence-electron chi connectivity index (χ1n) is 7.73. The number of nitrogens with zero attached hydrogens (tertiary/aromatic N) is 4. The Bertz CT molecular complexity index is 507. The molecule has 1 saturated carbocycles. The predicted octanol–water partition coefficient (Wildman–Crippen LogP) is 1.86. The molecule has 2 fully saturated rings. The van der Waals surface area contributed by atoms with Gasteiger partial charge in [0.15, 0.2) is 0 Å². The zero-order valence-corrected chi connectivity index (χ0v) is 15.8. The summed E-state index contributed by atoms with van der Waals surface area (Å²) in [6.45, 7) is 5.16. The molecule has 2 N–H and O–H groups in total. The maximum absolute atomic E-state index is 12.6. The first-order chi connectivity index (χ1) is 10.1. The van der Waals surface area contributed by atoms with Crippen LogP contribution in [0.15, 0.2) is 0 Å². The van der Waals surface area contributed by atoms with E-state index in [1.807, 2.05) is 11.8 Å². The van der Waals surface area contributed by atoms with E-state index in [4.69, 9.17) is 5.73 Å². The summed E-state index contributed by atoms with van der Waals surface area (Å²) >= 11 is 1.44. The number of piperazine rings is 1. The number of carbonyl (C=O) groups excluding carboxylic acids is 1. The number of amides is 1. The molecule has 0 bridgehead atoms. The number of hydrogen-bond acceptors (Lipinski definition) is 6. The zero-order valence-electron chi connectivity index (χ0n) is 13.3. The third-order valence-electron chi connectivity index (χ3n) is 4.44. The minimum atomic E-state index is 0. The summed E-state index contributed by atoms with van der Waals surface area (Å²) in [7, 11) is 0. The second-order valence-corrected chi connectivity index (χ2v) is 6.79. The Kier molecular flexibility index (Phi) is 8.00. The Labute approximate surface area is 153 Å². The maximum atomic E-state index is 12.6. The number of rotatable bonds is 2. The molecule has 1 aliphatic heterocycles. The molecule has 0 radical (unpaired) electrons. The minimum absolute atomic E-state index is 0. The van der Waals surface area contributed by atoms with Gasteiger partial charge in [-0.1, -0.05) is 6.42 Å². The van der Waals surface area contributed by atoms with Gasteiger partial charge in [-0.05, 0) is 26.2 Å². The minimum Gasteiger partial charge on any atom is -0.343 e. The van der Waals surface area contributed by atoms with E-state index in [1.54, 1.807) is 0 Å². The fourth-order valence-electron chi connectivity index (χ4n) is 3.24. The SMILES string of the molecule is Cc1nsc(N2CCN(C(=O)C3CCCC(N)C3)CC2)n1.Cl.Cl. The van der Waals surface area contributed by atoms with Gasteiger partial charge in [-0.3, -0.25) is 4.79 Å². The van der Waals surface area contributed by atoms with Crippen LogP contribution < -0.4 is 10.6 Å². The van der Waals surface area contributed by atoms with Crippen LogP contribution in [0.3, 0.4) is 0 Å². The van der Waals surface area contributed by atoms with Gasteiger partial charge < -0.3 is 15.5 Å². The average molecular weight is 382 g/mol. The Morgan fingerprint density at radius 2 is 1.91 bits per heavy atom. The lowest BCUT2D eigenvalue weighted by Gasteiger charge is -2.37. The van der Waals surface area contributed by atoms with Crippen molar-refractivity contribution in [1.82, 2.24) is 14.3 Å². The summed E-state index contributed by atoms with van der Waals surface area (Å²) in [4.78, 5) is 21.2. The standard InChI is InChI=1S/C14H23N5OS.2ClH/c1-10-16-14(21-17-10)19-7-5-18(6-8-19)13(20)11-3-2-4-12(15)9-11;;/h11-12H,2-9,15H2,1H3;2*1H. The lowest BCUT2D eigenvalue weighted by atomic mass is 9.85. The zero-order chi connectivity index (χ0) is 14.8. The Morgan fingerprint density at radius 3 is 2.48 bits per heavy atom. The molecule has 2 atom stereocenters. The van der Waals surface area contributed by atoms with E-state index in [2.05, 4.69) is 14.3 Å². The highest BCUT2D eigenvalue weighted by atomic mass is 35.5. The van der Waals surface area contributed by atoms with Crippen LogP contribution in [-0.4, -0.2) is 52.4 Å². The van der Waals surface area contributed by atoms with Gasteiger partial charge >= 0.3 is 0 Å². The number of aryl methyl sites for hydroxylation is 1. The lowest BCUT2D eigenvalue weighted by Crippen LogP contribution is -2.51. The van der Waals surface area contributed by atoms with E-state index < -0.39 is 0 Å². The predicted molar refractivity (Wildman–Crippen MR) is 97.9 cm³/mol.